The van der Waals surface area contributed by atoms with Crippen LogP contribution in [-0.4, -0.2) is 14.6 Å². The van der Waals surface area contributed by atoms with Crippen molar-refractivity contribution in [2.24, 2.45) is 0 Å². The molecule has 2 aromatic rings. The Morgan fingerprint density at radius 1 is 1.20 bits per heavy atom. The summed E-state index contributed by atoms with van der Waals surface area (Å²) in [5.74, 6) is 0. The molecule has 0 saturated carbocycles. The minimum Gasteiger partial charge on any atom is -0.214 e. The molecule has 4 nitrogen and oxygen atoms in total. The van der Waals surface area contributed by atoms with Gasteiger partial charge in [0.15, 0.2) is 5.65 Å². The van der Waals surface area contributed by atoms with Gasteiger partial charge in [-0.15, -0.1) is 0 Å². The second-order valence-electron chi connectivity index (χ2n) is 4.94. The molecule has 0 aliphatic carbocycles. The topological polar surface area (TPSA) is 54.0 Å². The maximum Gasteiger partial charge on any atom is 0.175 e. The van der Waals surface area contributed by atoms with Crippen LogP contribution in [0.1, 0.15) is 56.2 Å². The Balaban J connectivity index is 2.64. The molecule has 0 saturated heterocycles. The molecular weight excluding hydrogens is 272 g/mol. The molecule has 0 unspecified atom stereocenters. The number of unbranched alkanes of at least 4 members (excludes halogenated alkanes) is 2. The number of nitriles is 1. The van der Waals surface area contributed by atoms with Crippen molar-refractivity contribution >= 4 is 17.2 Å². The van der Waals surface area contributed by atoms with E-state index in [-0.39, 0.29) is 0 Å². The molecule has 20 heavy (non-hydrogen) atoms. The highest BCUT2D eigenvalue weighted by Gasteiger charge is 2.19. The number of aromatic nitrogens is 3. The van der Waals surface area contributed by atoms with Gasteiger partial charge in [-0.2, -0.15) is 10.4 Å². The van der Waals surface area contributed by atoms with E-state index < -0.39 is 0 Å². The monoisotopic (exact) mass is 290 g/mol. The highest BCUT2D eigenvalue weighted by atomic mass is 35.5. The quantitative estimate of drug-likeness (QED) is 0.757. The van der Waals surface area contributed by atoms with Gasteiger partial charge in [-0.05, 0) is 36.8 Å². The van der Waals surface area contributed by atoms with E-state index >= 15 is 0 Å². The second kappa shape index (κ2) is 6.71. The summed E-state index contributed by atoms with van der Waals surface area (Å²) >= 11 is 6.48. The smallest absolute Gasteiger partial charge is 0.175 e. The Hall–Kier alpha value is -1.60. The number of hydrogen-bond donors (Lipinski definition) is 0. The maximum atomic E-state index is 9.50. The van der Waals surface area contributed by atoms with Crippen molar-refractivity contribution in [2.45, 2.75) is 52.4 Å². The lowest BCUT2D eigenvalue weighted by atomic mass is 9.95. The van der Waals surface area contributed by atoms with Gasteiger partial charge >= 0.3 is 0 Å². The van der Waals surface area contributed by atoms with Gasteiger partial charge < -0.3 is 0 Å². The van der Waals surface area contributed by atoms with E-state index in [0.717, 1.165) is 49.7 Å². The van der Waals surface area contributed by atoms with E-state index in [4.69, 9.17) is 11.6 Å². The third-order valence-corrected chi connectivity index (χ3v) is 3.93. The molecule has 0 N–H and O–H groups in total. The summed E-state index contributed by atoms with van der Waals surface area (Å²) in [6.07, 6.45) is 7.52. The van der Waals surface area contributed by atoms with Crippen LogP contribution in [0.15, 0.2) is 6.33 Å². The van der Waals surface area contributed by atoms with Crippen molar-refractivity contribution in [2.75, 3.05) is 0 Å². The van der Waals surface area contributed by atoms with Crippen molar-refractivity contribution in [3.05, 3.63) is 28.2 Å². The fraction of sp³-hybridized carbons (Fsp3) is 0.533. The molecule has 0 radical (unpaired) electrons. The van der Waals surface area contributed by atoms with Crippen molar-refractivity contribution in [1.29, 1.82) is 5.26 Å². The largest absolute Gasteiger partial charge is 0.214 e. The number of rotatable bonds is 6. The summed E-state index contributed by atoms with van der Waals surface area (Å²) < 4.78 is 1.58. The number of nitrogens with zero attached hydrogens (tertiary/aromatic N) is 4. The Labute approximate surface area is 124 Å². The van der Waals surface area contributed by atoms with Gasteiger partial charge in [-0.3, -0.25) is 0 Å². The second-order valence-corrected chi connectivity index (χ2v) is 5.30. The zero-order valence-electron chi connectivity index (χ0n) is 12.0. The summed E-state index contributed by atoms with van der Waals surface area (Å²) in [7, 11) is 0. The highest BCUT2D eigenvalue weighted by Crippen LogP contribution is 2.29. The van der Waals surface area contributed by atoms with Crippen LogP contribution in [0.5, 0.6) is 0 Å². The molecule has 0 atom stereocenters. The number of fused-ring (bicyclic) bond motifs is 1. The van der Waals surface area contributed by atoms with Crippen LogP contribution >= 0.6 is 11.6 Å². The molecule has 0 fully saturated rings. The maximum absolute atomic E-state index is 9.50. The molecule has 2 aromatic heterocycles. The lowest BCUT2D eigenvalue weighted by Gasteiger charge is -2.14. The number of halogens is 1. The van der Waals surface area contributed by atoms with Crippen LogP contribution in [0.25, 0.3) is 5.65 Å². The first-order chi connectivity index (χ1) is 9.74. The van der Waals surface area contributed by atoms with Gasteiger partial charge in [-0.1, -0.05) is 38.3 Å². The molecule has 106 valence electrons. The minimum absolute atomic E-state index is 0.573. The van der Waals surface area contributed by atoms with Crippen LogP contribution in [-0.2, 0) is 12.8 Å². The average molecular weight is 291 g/mol. The molecular formula is C15H19ClN4. The number of hydrogen-bond acceptors (Lipinski definition) is 3. The standard InChI is InChI=1S/C15H19ClN4/c1-3-5-7-11-12(8-6-4-2)14(16)20-15(13(11)9-17)18-10-19-20/h10H,3-8H2,1-2H3. The molecule has 0 aromatic carbocycles. The molecule has 2 heterocycles. The predicted molar refractivity (Wildman–Crippen MR) is 79.9 cm³/mol. The van der Waals surface area contributed by atoms with E-state index in [1.807, 2.05) is 0 Å². The minimum atomic E-state index is 0.573. The Kier molecular flexibility index (Phi) is 4.97. The van der Waals surface area contributed by atoms with Crippen LogP contribution in [0.2, 0.25) is 5.15 Å². The summed E-state index contributed by atoms with van der Waals surface area (Å²) in [5, 5.41) is 14.2. The van der Waals surface area contributed by atoms with Gasteiger partial charge in [0, 0.05) is 0 Å². The first-order valence-electron chi connectivity index (χ1n) is 7.17. The first kappa shape index (κ1) is 14.8. The van der Waals surface area contributed by atoms with E-state index in [0.29, 0.717) is 16.4 Å². The number of pyridine rings is 1. The molecule has 2 rings (SSSR count). The molecule has 0 spiro atoms. The van der Waals surface area contributed by atoms with Crippen molar-refractivity contribution in [3.63, 3.8) is 0 Å². The Bertz CT molecular complexity index is 639. The molecule has 5 heteroatoms. The summed E-state index contributed by atoms with van der Waals surface area (Å²) in [6, 6.07) is 2.30. The Morgan fingerprint density at radius 3 is 2.45 bits per heavy atom. The van der Waals surface area contributed by atoms with E-state index in [1.54, 1.807) is 4.52 Å². The van der Waals surface area contributed by atoms with Gasteiger partial charge in [-0.25, -0.2) is 9.50 Å². The summed E-state index contributed by atoms with van der Waals surface area (Å²) in [4.78, 5) is 4.19. The highest BCUT2D eigenvalue weighted by molar-refractivity contribution is 6.30. The van der Waals surface area contributed by atoms with Crippen LogP contribution < -0.4 is 0 Å². The fourth-order valence-corrected chi connectivity index (χ4v) is 2.78. The SMILES string of the molecule is CCCCc1c(CCCC)c(Cl)n2ncnc2c1C#N. The van der Waals surface area contributed by atoms with E-state index in [2.05, 4.69) is 30.0 Å². The van der Waals surface area contributed by atoms with Crippen molar-refractivity contribution in [1.82, 2.24) is 14.6 Å². The van der Waals surface area contributed by atoms with Gasteiger partial charge in [0.25, 0.3) is 0 Å². The van der Waals surface area contributed by atoms with Gasteiger partial charge in [0.05, 0.1) is 0 Å². The first-order valence-corrected chi connectivity index (χ1v) is 7.55. The third-order valence-electron chi connectivity index (χ3n) is 3.54. The van der Waals surface area contributed by atoms with E-state index in [1.165, 1.54) is 6.33 Å². The van der Waals surface area contributed by atoms with Crippen LogP contribution in [0.3, 0.4) is 0 Å². The van der Waals surface area contributed by atoms with Gasteiger partial charge in [0.2, 0.25) is 0 Å². The molecule has 0 amide bonds. The summed E-state index contributed by atoms with van der Waals surface area (Å²) in [5.41, 5.74) is 3.33. The molecule has 0 aliphatic heterocycles. The van der Waals surface area contributed by atoms with Crippen molar-refractivity contribution < 1.29 is 0 Å². The average Bonchev–Trinajstić information content (AvgIpc) is 2.94. The lowest BCUT2D eigenvalue weighted by molar-refractivity contribution is 0.748. The zero-order chi connectivity index (χ0) is 14.5. The Morgan fingerprint density at radius 2 is 1.85 bits per heavy atom. The normalized spacial score (nSPS) is 10.9. The molecule has 0 aliphatic rings. The zero-order valence-corrected chi connectivity index (χ0v) is 12.7. The fourth-order valence-electron chi connectivity index (χ4n) is 2.45. The summed E-state index contributed by atoms with van der Waals surface area (Å²) in [6.45, 7) is 4.30. The van der Waals surface area contributed by atoms with Crippen molar-refractivity contribution in [3.8, 4) is 6.07 Å². The lowest BCUT2D eigenvalue weighted by Crippen LogP contribution is -2.06. The predicted octanol–water partition coefficient (Wildman–Crippen LogP) is 3.94. The van der Waals surface area contributed by atoms with Crippen LogP contribution in [0, 0.1) is 11.3 Å². The van der Waals surface area contributed by atoms with Gasteiger partial charge in [0.1, 0.15) is 23.1 Å². The molecule has 0 bridgehead atoms. The third kappa shape index (κ3) is 2.64. The van der Waals surface area contributed by atoms with Crippen LogP contribution in [0.4, 0.5) is 0 Å². The van der Waals surface area contributed by atoms with E-state index in [9.17, 15) is 5.26 Å².